The average molecular weight is 241 g/mol. The van der Waals surface area contributed by atoms with Gasteiger partial charge in [-0.15, -0.1) is 0 Å². The van der Waals surface area contributed by atoms with Gasteiger partial charge in [0.1, 0.15) is 0 Å². The monoisotopic (exact) mass is 241 g/mol. The van der Waals surface area contributed by atoms with Crippen LogP contribution < -0.4 is 11.1 Å². The summed E-state index contributed by atoms with van der Waals surface area (Å²) < 4.78 is 0. The quantitative estimate of drug-likeness (QED) is 0.273. The minimum atomic E-state index is -0.493. The number of hydrogen-bond donors (Lipinski definition) is 3. The zero-order valence-corrected chi connectivity index (χ0v) is 10.6. The Hall–Kier alpha value is -1.26. The van der Waals surface area contributed by atoms with E-state index in [1.54, 1.807) is 0 Å². The van der Waals surface area contributed by atoms with Crippen LogP contribution in [-0.2, 0) is 4.79 Å². The Labute approximate surface area is 102 Å². The van der Waals surface area contributed by atoms with Crippen LogP contribution in [0.3, 0.4) is 0 Å². The van der Waals surface area contributed by atoms with Gasteiger partial charge in [0, 0.05) is 6.04 Å². The molecular formula is C12H23N3O2. The first kappa shape index (κ1) is 13.8. The smallest absolute Gasteiger partial charge is 0.231 e. The number of hydrogen-bond acceptors (Lipinski definition) is 3. The number of amidine groups is 1. The molecule has 0 bridgehead atoms. The highest BCUT2D eigenvalue weighted by Crippen LogP contribution is 2.34. The number of carbonyl (C=O) groups is 1. The molecule has 0 radical (unpaired) electrons. The van der Waals surface area contributed by atoms with Crippen molar-refractivity contribution >= 4 is 11.7 Å². The van der Waals surface area contributed by atoms with E-state index in [9.17, 15) is 4.79 Å². The van der Waals surface area contributed by atoms with Gasteiger partial charge in [-0.25, -0.2) is 0 Å². The number of nitrogens with two attached hydrogens (primary N) is 1. The number of nitrogens with one attached hydrogen (secondary N) is 1. The van der Waals surface area contributed by atoms with Gasteiger partial charge in [0.15, 0.2) is 5.84 Å². The molecule has 3 atom stereocenters. The standard InChI is InChI=1S/C12H23N3O2/c1-3-5-8-7-10(8)14-12(16)9(6-4-2)11(13)15-17/h8-10,17H,3-7H2,1-2H3,(H2,13,15)(H,14,16). The Kier molecular flexibility index (Phi) is 5.25. The van der Waals surface area contributed by atoms with Crippen molar-refractivity contribution in [1.82, 2.24) is 5.32 Å². The van der Waals surface area contributed by atoms with E-state index < -0.39 is 5.92 Å². The van der Waals surface area contributed by atoms with Gasteiger partial charge in [-0.05, 0) is 25.2 Å². The largest absolute Gasteiger partial charge is 0.409 e. The molecule has 17 heavy (non-hydrogen) atoms. The second-order valence-electron chi connectivity index (χ2n) is 4.77. The molecule has 0 aromatic rings. The Morgan fingerprint density at radius 2 is 2.24 bits per heavy atom. The molecule has 1 aliphatic rings. The van der Waals surface area contributed by atoms with E-state index in [-0.39, 0.29) is 11.7 Å². The highest BCUT2D eigenvalue weighted by molar-refractivity contribution is 6.02. The van der Waals surface area contributed by atoms with Crippen LogP contribution in [-0.4, -0.2) is 23.0 Å². The number of nitrogens with zero attached hydrogens (tertiary/aromatic N) is 1. The third-order valence-corrected chi connectivity index (χ3v) is 3.28. The molecule has 0 aliphatic heterocycles. The van der Waals surface area contributed by atoms with Crippen molar-refractivity contribution in [3.8, 4) is 0 Å². The molecule has 1 fully saturated rings. The minimum Gasteiger partial charge on any atom is -0.409 e. The lowest BCUT2D eigenvalue weighted by Gasteiger charge is -2.14. The van der Waals surface area contributed by atoms with E-state index in [1.165, 1.54) is 0 Å². The normalized spacial score (nSPS) is 25.4. The molecule has 0 heterocycles. The van der Waals surface area contributed by atoms with Crippen LogP contribution >= 0.6 is 0 Å². The first-order valence-electron chi connectivity index (χ1n) is 6.41. The number of amides is 1. The first-order valence-corrected chi connectivity index (χ1v) is 6.41. The molecular weight excluding hydrogens is 218 g/mol. The molecule has 0 aromatic carbocycles. The fourth-order valence-corrected chi connectivity index (χ4v) is 2.17. The fraction of sp³-hybridized carbons (Fsp3) is 0.833. The fourth-order valence-electron chi connectivity index (χ4n) is 2.17. The number of oxime groups is 1. The van der Waals surface area contributed by atoms with Crippen molar-refractivity contribution in [2.45, 2.75) is 52.0 Å². The molecule has 0 saturated heterocycles. The first-order chi connectivity index (χ1) is 8.13. The topological polar surface area (TPSA) is 87.7 Å². The van der Waals surface area contributed by atoms with Crippen LogP contribution in [0.2, 0.25) is 0 Å². The second-order valence-corrected chi connectivity index (χ2v) is 4.77. The molecule has 5 heteroatoms. The zero-order chi connectivity index (χ0) is 12.8. The van der Waals surface area contributed by atoms with E-state index in [2.05, 4.69) is 17.4 Å². The summed E-state index contributed by atoms with van der Waals surface area (Å²) in [7, 11) is 0. The van der Waals surface area contributed by atoms with Crippen LogP contribution in [0, 0.1) is 11.8 Å². The number of carbonyl (C=O) groups excluding carboxylic acids is 1. The molecule has 0 aromatic heterocycles. The Morgan fingerprint density at radius 1 is 1.53 bits per heavy atom. The van der Waals surface area contributed by atoms with Crippen LogP contribution in [0.15, 0.2) is 5.16 Å². The van der Waals surface area contributed by atoms with Crippen molar-refractivity contribution in [2.24, 2.45) is 22.7 Å². The Bertz CT molecular complexity index is 291. The van der Waals surface area contributed by atoms with Gasteiger partial charge in [0.05, 0.1) is 5.92 Å². The van der Waals surface area contributed by atoms with E-state index in [0.717, 1.165) is 25.7 Å². The molecule has 1 rings (SSSR count). The lowest BCUT2D eigenvalue weighted by Crippen LogP contribution is -2.40. The average Bonchev–Trinajstić information content (AvgIpc) is 3.03. The second kappa shape index (κ2) is 6.47. The summed E-state index contributed by atoms with van der Waals surface area (Å²) in [4.78, 5) is 12.0. The summed E-state index contributed by atoms with van der Waals surface area (Å²) in [6.45, 7) is 4.12. The molecule has 1 saturated carbocycles. The lowest BCUT2D eigenvalue weighted by molar-refractivity contribution is -0.123. The molecule has 1 amide bonds. The maximum atomic E-state index is 12.0. The van der Waals surface area contributed by atoms with E-state index in [0.29, 0.717) is 18.4 Å². The predicted octanol–water partition coefficient (Wildman–Crippen LogP) is 1.45. The zero-order valence-electron chi connectivity index (χ0n) is 10.6. The predicted molar refractivity (Wildman–Crippen MR) is 66.8 cm³/mol. The van der Waals surface area contributed by atoms with Crippen molar-refractivity contribution in [2.75, 3.05) is 0 Å². The van der Waals surface area contributed by atoms with Gasteiger partial charge >= 0.3 is 0 Å². The minimum absolute atomic E-state index is 0.0111. The van der Waals surface area contributed by atoms with Gasteiger partial charge in [-0.3, -0.25) is 4.79 Å². The van der Waals surface area contributed by atoms with Gasteiger partial charge < -0.3 is 16.3 Å². The Morgan fingerprint density at radius 3 is 2.76 bits per heavy atom. The molecule has 5 nitrogen and oxygen atoms in total. The Balaban J connectivity index is 2.44. The molecule has 4 N–H and O–H groups in total. The molecule has 98 valence electrons. The molecule has 1 aliphatic carbocycles. The van der Waals surface area contributed by atoms with Gasteiger partial charge in [-0.1, -0.05) is 31.8 Å². The summed E-state index contributed by atoms with van der Waals surface area (Å²) in [5.74, 6) is 0.0363. The SMILES string of the molecule is CCCC(C(=O)NC1CC1CCC)C(N)=NO. The van der Waals surface area contributed by atoms with E-state index >= 15 is 0 Å². The summed E-state index contributed by atoms with van der Waals surface area (Å²) in [5, 5.41) is 14.6. The highest BCUT2D eigenvalue weighted by Gasteiger charge is 2.38. The number of rotatable bonds is 7. The van der Waals surface area contributed by atoms with Crippen LogP contribution in [0.4, 0.5) is 0 Å². The maximum Gasteiger partial charge on any atom is 0.231 e. The van der Waals surface area contributed by atoms with Gasteiger partial charge in [0.2, 0.25) is 5.91 Å². The summed E-state index contributed by atoms with van der Waals surface area (Å²) in [6, 6.07) is 0.299. The third-order valence-electron chi connectivity index (χ3n) is 3.28. The maximum absolute atomic E-state index is 12.0. The van der Waals surface area contributed by atoms with Gasteiger partial charge in [-0.2, -0.15) is 0 Å². The summed E-state index contributed by atoms with van der Waals surface area (Å²) in [6.07, 6.45) is 4.82. The molecule has 0 spiro atoms. The summed E-state index contributed by atoms with van der Waals surface area (Å²) in [5.41, 5.74) is 5.53. The lowest BCUT2D eigenvalue weighted by atomic mass is 10.0. The van der Waals surface area contributed by atoms with Crippen LogP contribution in [0.1, 0.15) is 46.0 Å². The van der Waals surface area contributed by atoms with Crippen LogP contribution in [0.5, 0.6) is 0 Å². The van der Waals surface area contributed by atoms with Crippen LogP contribution in [0.25, 0.3) is 0 Å². The third kappa shape index (κ3) is 3.91. The van der Waals surface area contributed by atoms with Crippen molar-refractivity contribution in [3.05, 3.63) is 0 Å². The van der Waals surface area contributed by atoms with Crippen molar-refractivity contribution in [1.29, 1.82) is 0 Å². The van der Waals surface area contributed by atoms with E-state index in [4.69, 9.17) is 10.9 Å². The molecule has 3 unspecified atom stereocenters. The highest BCUT2D eigenvalue weighted by atomic mass is 16.4. The van der Waals surface area contributed by atoms with Gasteiger partial charge in [0.25, 0.3) is 0 Å². The van der Waals surface area contributed by atoms with Crippen molar-refractivity contribution in [3.63, 3.8) is 0 Å². The summed E-state index contributed by atoms with van der Waals surface area (Å²) >= 11 is 0. The van der Waals surface area contributed by atoms with E-state index in [1.807, 2.05) is 6.92 Å². The van der Waals surface area contributed by atoms with Crippen molar-refractivity contribution < 1.29 is 10.0 Å².